The van der Waals surface area contributed by atoms with E-state index in [1.54, 1.807) is 6.07 Å². The maximum atomic E-state index is 12.3. The Labute approximate surface area is 157 Å². The van der Waals surface area contributed by atoms with E-state index >= 15 is 0 Å². The molecule has 138 valence electrons. The number of anilines is 1. The summed E-state index contributed by atoms with van der Waals surface area (Å²) >= 11 is 0. The van der Waals surface area contributed by atoms with E-state index in [-0.39, 0.29) is 18.0 Å². The molecule has 1 N–H and O–H groups in total. The van der Waals surface area contributed by atoms with E-state index in [9.17, 15) is 9.59 Å². The largest absolute Gasteiger partial charge is 0.494 e. The highest BCUT2D eigenvalue weighted by Gasteiger charge is 2.09. The van der Waals surface area contributed by atoms with Gasteiger partial charge < -0.3 is 10.1 Å². The minimum Gasteiger partial charge on any atom is -0.494 e. The molecule has 0 atom stereocenters. The molecule has 0 bridgehead atoms. The summed E-state index contributed by atoms with van der Waals surface area (Å²) in [6.45, 7) is 4.34. The van der Waals surface area contributed by atoms with Gasteiger partial charge >= 0.3 is 0 Å². The zero-order valence-corrected chi connectivity index (χ0v) is 15.3. The first-order valence-corrected chi connectivity index (χ1v) is 8.73. The predicted octanol–water partition coefficient (Wildman–Crippen LogP) is 3.26. The lowest BCUT2D eigenvalue weighted by atomic mass is 10.1. The number of amides is 1. The number of benzene rings is 2. The zero-order chi connectivity index (χ0) is 19.2. The van der Waals surface area contributed by atoms with Gasteiger partial charge in [-0.25, -0.2) is 4.68 Å². The fourth-order valence-corrected chi connectivity index (χ4v) is 2.58. The minimum absolute atomic E-state index is 0.155. The number of ether oxygens (including phenoxy) is 1. The molecule has 3 aromatic rings. The van der Waals surface area contributed by atoms with E-state index < -0.39 is 0 Å². The number of hydrogen-bond donors (Lipinski definition) is 1. The van der Waals surface area contributed by atoms with Gasteiger partial charge in [-0.2, -0.15) is 5.10 Å². The fourth-order valence-electron chi connectivity index (χ4n) is 2.58. The molecule has 0 saturated carbocycles. The molecule has 0 radical (unpaired) electrons. The van der Waals surface area contributed by atoms with Crippen LogP contribution in [0.1, 0.15) is 12.5 Å². The molecule has 0 unspecified atom stereocenters. The van der Waals surface area contributed by atoms with E-state index in [1.165, 1.54) is 6.07 Å². The van der Waals surface area contributed by atoms with Crippen LogP contribution >= 0.6 is 0 Å². The molecule has 6 heteroatoms. The third-order valence-corrected chi connectivity index (χ3v) is 3.96. The number of aromatic nitrogens is 2. The summed E-state index contributed by atoms with van der Waals surface area (Å²) in [5, 5.41) is 7.09. The van der Waals surface area contributed by atoms with Gasteiger partial charge in [0, 0.05) is 17.3 Å². The summed E-state index contributed by atoms with van der Waals surface area (Å²) < 4.78 is 6.59. The van der Waals surface area contributed by atoms with Crippen molar-refractivity contribution in [1.82, 2.24) is 9.78 Å². The summed E-state index contributed by atoms with van der Waals surface area (Å²) in [4.78, 5) is 24.3. The van der Waals surface area contributed by atoms with Gasteiger partial charge in [0.05, 0.1) is 12.3 Å². The first-order chi connectivity index (χ1) is 13.0. The molecular weight excluding hydrogens is 342 g/mol. The maximum absolute atomic E-state index is 12.3. The van der Waals surface area contributed by atoms with Gasteiger partial charge in [-0.1, -0.05) is 17.7 Å². The van der Waals surface area contributed by atoms with Crippen LogP contribution in [0, 0.1) is 6.92 Å². The number of carbonyl (C=O) groups is 1. The molecule has 1 heterocycles. The zero-order valence-electron chi connectivity index (χ0n) is 15.3. The first kappa shape index (κ1) is 18.4. The monoisotopic (exact) mass is 363 g/mol. The number of hydrogen-bond acceptors (Lipinski definition) is 4. The van der Waals surface area contributed by atoms with Gasteiger partial charge in [0.15, 0.2) is 0 Å². The van der Waals surface area contributed by atoms with Crippen LogP contribution in [0.2, 0.25) is 0 Å². The molecule has 3 rings (SSSR count). The van der Waals surface area contributed by atoms with Crippen LogP contribution in [0.3, 0.4) is 0 Å². The van der Waals surface area contributed by atoms with Gasteiger partial charge in [-0.3, -0.25) is 9.59 Å². The van der Waals surface area contributed by atoms with Crippen molar-refractivity contribution in [2.75, 3.05) is 11.9 Å². The van der Waals surface area contributed by atoms with Crippen LogP contribution in [0.25, 0.3) is 11.3 Å². The normalized spacial score (nSPS) is 10.4. The van der Waals surface area contributed by atoms with Gasteiger partial charge in [-0.05, 0) is 56.3 Å². The van der Waals surface area contributed by atoms with Crippen molar-refractivity contribution < 1.29 is 9.53 Å². The van der Waals surface area contributed by atoms with Crippen LogP contribution in [0.4, 0.5) is 5.69 Å². The minimum atomic E-state index is -0.330. The average Bonchev–Trinajstić information content (AvgIpc) is 2.66. The highest BCUT2D eigenvalue weighted by atomic mass is 16.5. The molecule has 0 spiro atoms. The highest BCUT2D eigenvalue weighted by Crippen LogP contribution is 2.19. The fraction of sp³-hybridized carbons (Fsp3) is 0.190. The van der Waals surface area contributed by atoms with Crippen LogP contribution in [0.5, 0.6) is 5.75 Å². The number of nitrogens with one attached hydrogen (secondary N) is 1. The first-order valence-electron chi connectivity index (χ1n) is 8.73. The average molecular weight is 363 g/mol. The van der Waals surface area contributed by atoms with Crippen molar-refractivity contribution in [3.63, 3.8) is 0 Å². The Kier molecular flexibility index (Phi) is 5.66. The summed E-state index contributed by atoms with van der Waals surface area (Å²) in [6.07, 6.45) is 0. The van der Waals surface area contributed by atoms with Crippen LogP contribution in [-0.4, -0.2) is 22.3 Å². The Hall–Kier alpha value is -3.41. The summed E-state index contributed by atoms with van der Waals surface area (Å²) in [5.74, 6) is 0.462. The van der Waals surface area contributed by atoms with E-state index in [4.69, 9.17) is 4.74 Å². The Bertz CT molecular complexity index is 977. The topological polar surface area (TPSA) is 73.2 Å². The molecular formula is C21H21N3O3. The van der Waals surface area contributed by atoms with Gasteiger partial charge in [0.25, 0.3) is 5.56 Å². The second-order valence-corrected chi connectivity index (χ2v) is 6.09. The van der Waals surface area contributed by atoms with E-state index in [1.807, 2.05) is 62.4 Å². The van der Waals surface area contributed by atoms with Crippen molar-refractivity contribution in [3.8, 4) is 17.0 Å². The standard InChI is InChI=1S/C21H21N3O3/c1-3-27-18-10-6-16(7-11-18)19-12-13-21(26)24(23-19)14-20(25)22-17-8-4-15(2)5-9-17/h4-13H,3,14H2,1-2H3,(H,22,25). The third kappa shape index (κ3) is 4.82. The Morgan fingerprint density at radius 1 is 1.04 bits per heavy atom. The Balaban J connectivity index is 1.75. The number of carbonyl (C=O) groups excluding carboxylic acids is 1. The van der Waals surface area contributed by atoms with Crippen molar-refractivity contribution in [2.24, 2.45) is 0 Å². The molecule has 0 saturated heterocycles. The third-order valence-electron chi connectivity index (χ3n) is 3.96. The second-order valence-electron chi connectivity index (χ2n) is 6.09. The van der Waals surface area contributed by atoms with Gasteiger partial charge in [0.1, 0.15) is 12.3 Å². The van der Waals surface area contributed by atoms with E-state index in [0.29, 0.717) is 18.0 Å². The molecule has 6 nitrogen and oxygen atoms in total. The van der Waals surface area contributed by atoms with Crippen molar-refractivity contribution in [3.05, 3.63) is 76.6 Å². The molecule has 1 amide bonds. The lowest BCUT2D eigenvalue weighted by Crippen LogP contribution is -2.29. The number of rotatable bonds is 6. The summed E-state index contributed by atoms with van der Waals surface area (Å²) in [5.41, 5.74) is 2.91. The van der Waals surface area contributed by atoms with Gasteiger partial charge in [-0.15, -0.1) is 0 Å². The van der Waals surface area contributed by atoms with Crippen molar-refractivity contribution in [2.45, 2.75) is 20.4 Å². The van der Waals surface area contributed by atoms with E-state index in [2.05, 4.69) is 10.4 Å². The number of aryl methyl sites for hydroxylation is 1. The van der Waals surface area contributed by atoms with Crippen molar-refractivity contribution in [1.29, 1.82) is 0 Å². The smallest absolute Gasteiger partial charge is 0.267 e. The molecule has 0 fully saturated rings. The van der Waals surface area contributed by atoms with E-state index in [0.717, 1.165) is 21.6 Å². The van der Waals surface area contributed by atoms with Gasteiger partial charge in [0.2, 0.25) is 5.91 Å². The lowest BCUT2D eigenvalue weighted by Gasteiger charge is -2.09. The highest BCUT2D eigenvalue weighted by molar-refractivity contribution is 5.90. The molecule has 2 aromatic carbocycles. The van der Waals surface area contributed by atoms with Crippen LogP contribution in [-0.2, 0) is 11.3 Å². The van der Waals surface area contributed by atoms with Crippen LogP contribution < -0.4 is 15.6 Å². The molecule has 27 heavy (non-hydrogen) atoms. The molecule has 1 aromatic heterocycles. The number of nitrogens with zero attached hydrogens (tertiary/aromatic N) is 2. The molecule has 0 aliphatic carbocycles. The second kappa shape index (κ2) is 8.31. The summed E-state index contributed by atoms with van der Waals surface area (Å²) in [6, 6.07) is 18.0. The molecule has 0 aliphatic heterocycles. The lowest BCUT2D eigenvalue weighted by molar-refractivity contribution is -0.117. The maximum Gasteiger partial charge on any atom is 0.267 e. The Morgan fingerprint density at radius 2 is 1.74 bits per heavy atom. The van der Waals surface area contributed by atoms with Crippen LogP contribution in [0.15, 0.2) is 65.5 Å². The summed E-state index contributed by atoms with van der Waals surface area (Å²) in [7, 11) is 0. The van der Waals surface area contributed by atoms with Crippen molar-refractivity contribution >= 4 is 11.6 Å². The Morgan fingerprint density at radius 3 is 2.41 bits per heavy atom. The SMILES string of the molecule is CCOc1ccc(-c2ccc(=O)n(CC(=O)Nc3ccc(C)cc3)n2)cc1. The predicted molar refractivity (Wildman–Crippen MR) is 105 cm³/mol. The quantitative estimate of drug-likeness (QED) is 0.730. The molecule has 0 aliphatic rings.